The van der Waals surface area contributed by atoms with Crippen LogP contribution in [0.4, 0.5) is 0 Å². The van der Waals surface area contributed by atoms with E-state index in [1.807, 2.05) is 0 Å². The Morgan fingerprint density at radius 3 is 2.50 bits per heavy atom. The van der Waals surface area contributed by atoms with Crippen molar-refractivity contribution in [3.05, 3.63) is 0 Å². The number of hydrogen-bond acceptors (Lipinski definition) is 3. The molecule has 1 aliphatic rings. The third-order valence-corrected chi connectivity index (χ3v) is 4.47. The molecule has 1 fully saturated rings. The fourth-order valence-electron chi connectivity index (χ4n) is 3.17. The fraction of sp³-hybridized carbons (Fsp3) is 1.00. The van der Waals surface area contributed by atoms with Crippen LogP contribution in [0.3, 0.4) is 0 Å². The van der Waals surface area contributed by atoms with Gasteiger partial charge in [0.2, 0.25) is 0 Å². The SMILES string of the molecule is CCC1(CC)CNC(CC(C)C)CN1CCOC. The van der Waals surface area contributed by atoms with Crippen molar-refractivity contribution in [1.82, 2.24) is 10.2 Å². The van der Waals surface area contributed by atoms with Crippen LogP contribution in [0.2, 0.25) is 0 Å². The first-order valence-corrected chi connectivity index (χ1v) is 7.55. The van der Waals surface area contributed by atoms with Crippen molar-refractivity contribution >= 4 is 0 Å². The molecule has 3 nitrogen and oxygen atoms in total. The van der Waals surface area contributed by atoms with E-state index in [2.05, 4.69) is 37.9 Å². The van der Waals surface area contributed by atoms with E-state index in [4.69, 9.17) is 4.74 Å². The molecule has 0 aromatic heterocycles. The average Bonchev–Trinajstić information content (AvgIpc) is 2.36. The number of rotatable bonds is 7. The molecule has 0 radical (unpaired) electrons. The van der Waals surface area contributed by atoms with E-state index < -0.39 is 0 Å². The average molecular weight is 256 g/mol. The van der Waals surface area contributed by atoms with Gasteiger partial charge in [0.05, 0.1) is 6.61 Å². The molecule has 1 atom stereocenters. The van der Waals surface area contributed by atoms with Crippen LogP contribution in [0.25, 0.3) is 0 Å². The summed E-state index contributed by atoms with van der Waals surface area (Å²) in [6.07, 6.45) is 3.70. The van der Waals surface area contributed by atoms with E-state index in [1.165, 1.54) is 25.8 Å². The third-order valence-electron chi connectivity index (χ3n) is 4.47. The van der Waals surface area contributed by atoms with Crippen molar-refractivity contribution in [1.29, 1.82) is 0 Å². The van der Waals surface area contributed by atoms with Crippen LogP contribution < -0.4 is 5.32 Å². The molecular formula is C15H32N2O. The standard InChI is InChI=1S/C15H32N2O/c1-6-15(7-2)12-16-14(10-13(3)4)11-17(15)8-9-18-5/h13-14,16H,6-12H2,1-5H3. The normalized spacial score (nSPS) is 24.7. The van der Waals surface area contributed by atoms with E-state index >= 15 is 0 Å². The molecule has 0 spiro atoms. The molecule has 1 saturated heterocycles. The lowest BCUT2D eigenvalue weighted by atomic mass is 9.86. The van der Waals surface area contributed by atoms with Crippen LogP contribution >= 0.6 is 0 Å². The van der Waals surface area contributed by atoms with E-state index in [0.717, 1.165) is 25.6 Å². The minimum absolute atomic E-state index is 0.339. The highest BCUT2D eigenvalue weighted by molar-refractivity contribution is 4.97. The largest absolute Gasteiger partial charge is 0.383 e. The molecule has 1 heterocycles. The molecule has 108 valence electrons. The summed E-state index contributed by atoms with van der Waals surface area (Å²) in [6, 6.07) is 0.646. The number of nitrogens with one attached hydrogen (secondary N) is 1. The Labute approximate surface area is 113 Å². The predicted octanol–water partition coefficient (Wildman–Crippen LogP) is 2.51. The summed E-state index contributed by atoms with van der Waals surface area (Å²) < 4.78 is 5.28. The van der Waals surface area contributed by atoms with Crippen LogP contribution in [0.1, 0.15) is 47.0 Å². The first-order chi connectivity index (χ1) is 8.57. The molecule has 1 unspecified atom stereocenters. The third kappa shape index (κ3) is 3.94. The maximum Gasteiger partial charge on any atom is 0.0589 e. The van der Waals surface area contributed by atoms with Crippen LogP contribution in [0, 0.1) is 5.92 Å². The van der Waals surface area contributed by atoms with Crippen molar-refractivity contribution < 1.29 is 4.74 Å². The van der Waals surface area contributed by atoms with Gasteiger partial charge >= 0.3 is 0 Å². The second-order valence-corrected chi connectivity index (χ2v) is 6.08. The van der Waals surface area contributed by atoms with Gasteiger partial charge in [-0.05, 0) is 25.2 Å². The number of piperazine rings is 1. The van der Waals surface area contributed by atoms with Gasteiger partial charge in [-0.3, -0.25) is 4.90 Å². The lowest BCUT2D eigenvalue weighted by molar-refractivity contribution is 0.00923. The molecule has 1 rings (SSSR count). The second-order valence-electron chi connectivity index (χ2n) is 6.08. The van der Waals surface area contributed by atoms with Gasteiger partial charge in [-0.1, -0.05) is 27.7 Å². The molecule has 1 aliphatic heterocycles. The smallest absolute Gasteiger partial charge is 0.0589 e. The Hall–Kier alpha value is -0.120. The highest BCUT2D eigenvalue weighted by Crippen LogP contribution is 2.27. The number of hydrogen-bond donors (Lipinski definition) is 1. The van der Waals surface area contributed by atoms with E-state index in [-0.39, 0.29) is 0 Å². The van der Waals surface area contributed by atoms with E-state index in [1.54, 1.807) is 7.11 Å². The number of nitrogens with zero attached hydrogens (tertiary/aromatic N) is 1. The summed E-state index contributed by atoms with van der Waals surface area (Å²) in [5.41, 5.74) is 0.339. The van der Waals surface area contributed by atoms with Crippen molar-refractivity contribution in [2.45, 2.75) is 58.5 Å². The Morgan fingerprint density at radius 2 is 2.00 bits per heavy atom. The van der Waals surface area contributed by atoms with E-state index in [9.17, 15) is 0 Å². The topological polar surface area (TPSA) is 24.5 Å². The van der Waals surface area contributed by atoms with Crippen LogP contribution in [-0.4, -0.2) is 49.8 Å². The van der Waals surface area contributed by atoms with Crippen LogP contribution in [0.15, 0.2) is 0 Å². The monoisotopic (exact) mass is 256 g/mol. The summed E-state index contributed by atoms with van der Waals surface area (Å²) >= 11 is 0. The Bertz CT molecular complexity index is 227. The van der Waals surface area contributed by atoms with Gasteiger partial charge in [0.25, 0.3) is 0 Å². The molecule has 0 aromatic carbocycles. The van der Waals surface area contributed by atoms with Crippen LogP contribution in [0.5, 0.6) is 0 Å². The van der Waals surface area contributed by atoms with Gasteiger partial charge < -0.3 is 10.1 Å². The van der Waals surface area contributed by atoms with Gasteiger partial charge in [-0.15, -0.1) is 0 Å². The van der Waals surface area contributed by atoms with Crippen molar-refractivity contribution in [3.8, 4) is 0 Å². The zero-order chi connectivity index (χ0) is 13.6. The Balaban J connectivity index is 2.65. The summed E-state index contributed by atoms with van der Waals surface area (Å²) in [5, 5.41) is 3.77. The first kappa shape index (κ1) is 15.9. The summed E-state index contributed by atoms with van der Waals surface area (Å²) in [6.45, 7) is 13.4. The summed E-state index contributed by atoms with van der Waals surface area (Å²) in [5.74, 6) is 0.766. The zero-order valence-corrected chi connectivity index (χ0v) is 13.0. The molecule has 1 N–H and O–H groups in total. The van der Waals surface area contributed by atoms with Crippen molar-refractivity contribution in [2.24, 2.45) is 5.92 Å². The molecule has 0 amide bonds. The summed E-state index contributed by atoms with van der Waals surface area (Å²) in [7, 11) is 1.80. The first-order valence-electron chi connectivity index (χ1n) is 7.55. The van der Waals surface area contributed by atoms with Crippen LogP contribution in [-0.2, 0) is 4.74 Å². The maximum absolute atomic E-state index is 5.28. The van der Waals surface area contributed by atoms with Gasteiger partial charge in [0.1, 0.15) is 0 Å². The molecule has 0 aliphatic carbocycles. The molecule has 0 aromatic rings. The minimum Gasteiger partial charge on any atom is -0.383 e. The molecule has 3 heteroatoms. The van der Waals surface area contributed by atoms with Gasteiger partial charge in [0.15, 0.2) is 0 Å². The Kier molecular flexibility index (Phi) is 6.61. The molecular weight excluding hydrogens is 224 g/mol. The van der Waals surface area contributed by atoms with Crippen molar-refractivity contribution in [3.63, 3.8) is 0 Å². The molecule has 18 heavy (non-hydrogen) atoms. The minimum atomic E-state index is 0.339. The highest BCUT2D eigenvalue weighted by Gasteiger charge is 2.38. The number of methoxy groups -OCH3 is 1. The maximum atomic E-state index is 5.28. The molecule has 0 bridgehead atoms. The lowest BCUT2D eigenvalue weighted by Gasteiger charge is -2.50. The van der Waals surface area contributed by atoms with E-state index in [0.29, 0.717) is 11.6 Å². The highest BCUT2D eigenvalue weighted by atomic mass is 16.5. The second kappa shape index (κ2) is 7.46. The lowest BCUT2D eigenvalue weighted by Crippen LogP contribution is -2.64. The summed E-state index contributed by atoms with van der Waals surface area (Å²) in [4.78, 5) is 2.67. The Morgan fingerprint density at radius 1 is 1.33 bits per heavy atom. The van der Waals surface area contributed by atoms with Gasteiger partial charge in [0, 0.05) is 38.3 Å². The van der Waals surface area contributed by atoms with Crippen molar-refractivity contribution in [2.75, 3.05) is 33.4 Å². The predicted molar refractivity (Wildman–Crippen MR) is 78.0 cm³/mol. The quantitative estimate of drug-likeness (QED) is 0.757. The van der Waals surface area contributed by atoms with Gasteiger partial charge in [-0.25, -0.2) is 0 Å². The zero-order valence-electron chi connectivity index (χ0n) is 13.0. The number of ether oxygens (including phenoxy) is 1. The molecule has 0 saturated carbocycles. The fourth-order valence-corrected chi connectivity index (χ4v) is 3.17. The van der Waals surface area contributed by atoms with Gasteiger partial charge in [-0.2, -0.15) is 0 Å².